The Hall–Kier alpha value is -4.62. The average Bonchev–Trinajstić information content (AvgIpc) is 3.03. The Balaban J connectivity index is 1.71. The molecule has 0 aliphatic carbocycles. The van der Waals surface area contributed by atoms with Crippen molar-refractivity contribution in [1.82, 2.24) is 25.6 Å². The normalized spacial score (nSPS) is 15.7. The first-order valence-electron chi connectivity index (χ1n) is 15.9. The van der Waals surface area contributed by atoms with Gasteiger partial charge in [0.1, 0.15) is 29.7 Å². The smallest absolute Gasteiger partial charge is 0.408 e. The summed E-state index contributed by atoms with van der Waals surface area (Å²) in [6.45, 7) is 10.2. The molecule has 0 saturated carbocycles. The van der Waals surface area contributed by atoms with E-state index in [2.05, 4.69) is 16.0 Å². The van der Waals surface area contributed by atoms with Crippen LogP contribution in [-0.2, 0) is 22.6 Å². The van der Waals surface area contributed by atoms with E-state index in [1.165, 1.54) is 24.1 Å². The number of rotatable bonds is 17. The molecule has 0 bridgehead atoms. The fourth-order valence-electron chi connectivity index (χ4n) is 4.75. The van der Waals surface area contributed by atoms with E-state index in [0.29, 0.717) is 30.4 Å². The van der Waals surface area contributed by atoms with Gasteiger partial charge in [-0.1, -0.05) is 26.7 Å². The summed E-state index contributed by atoms with van der Waals surface area (Å²) in [5.41, 5.74) is 0.0690. The van der Waals surface area contributed by atoms with Gasteiger partial charge >= 0.3 is 12.1 Å². The zero-order chi connectivity index (χ0) is 34.6. The van der Waals surface area contributed by atoms with Crippen LogP contribution in [0.15, 0.2) is 35.3 Å². The average molecular weight is 660 g/mol. The third kappa shape index (κ3) is 10.7. The van der Waals surface area contributed by atoms with E-state index in [1.807, 2.05) is 13.8 Å². The highest BCUT2D eigenvalue weighted by Gasteiger charge is 2.48. The predicted octanol–water partition coefficient (Wildman–Crippen LogP) is 3.38. The van der Waals surface area contributed by atoms with Gasteiger partial charge in [-0.25, -0.2) is 9.59 Å². The molecule has 0 unspecified atom stereocenters. The number of amides is 4. The fraction of sp³-hybridized carbons (Fsp3) is 0.576. The number of unbranched alkanes of at least 4 members (excludes halogenated alkanes) is 2. The number of hydrogen-bond donors (Lipinski definition) is 3. The second-order valence-corrected chi connectivity index (χ2v) is 12.1. The molecule has 2 aromatic rings. The Labute approximate surface area is 276 Å². The number of ether oxygens (including phenoxy) is 4. The number of nitrogens with one attached hydrogen (secondary N) is 3. The van der Waals surface area contributed by atoms with Gasteiger partial charge in [0.2, 0.25) is 11.3 Å². The monoisotopic (exact) mass is 659 g/mol. The van der Waals surface area contributed by atoms with Crippen LogP contribution >= 0.6 is 0 Å². The molecule has 3 N–H and O–H groups in total. The largest absolute Gasteiger partial charge is 0.497 e. The number of aromatic nitrogens is 1. The van der Waals surface area contributed by atoms with Crippen molar-refractivity contribution >= 4 is 18.0 Å². The number of nitrogens with zero attached hydrogens (tertiary/aromatic N) is 2. The Bertz CT molecular complexity index is 1420. The van der Waals surface area contributed by atoms with E-state index in [1.54, 1.807) is 51.0 Å². The van der Waals surface area contributed by atoms with Gasteiger partial charge in [0, 0.05) is 30.8 Å². The van der Waals surface area contributed by atoms with Crippen LogP contribution in [0.25, 0.3) is 0 Å². The lowest BCUT2D eigenvalue weighted by Crippen LogP contribution is -2.73. The Kier molecular flexibility index (Phi) is 13.6. The maximum atomic E-state index is 13.2. The van der Waals surface area contributed by atoms with Gasteiger partial charge in [0.05, 0.1) is 45.3 Å². The molecular formula is C33H49N5O9. The molecular weight excluding hydrogens is 610 g/mol. The molecule has 47 heavy (non-hydrogen) atoms. The number of benzene rings is 1. The van der Waals surface area contributed by atoms with Crippen molar-refractivity contribution in [3.8, 4) is 17.2 Å². The molecule has 0 radical (unpaired) electrons. The molecule has 1 aromatic heterocycles. The highest BCUT2D eigenvalue weighted by molar-refractivity contribution is 5.92. The van der Waals surface area contributed by atoms with E-state index in [9.17, 15) is 19.2 Å². The molecule has 14 nitrogen and oxygen atoms in total. The van der Waals surface area contributed by atoms with Crippen LogP contribution in [0.2, 0.25) is 0 Å². The number of carbonyl (C=O) groups is 3. The summed E-state index contributed by atoms with van der Waals surface area (Å²) in [6, 6.07) is 4.58. The minimum Gasteiger partial charge on any atom is -0.497 e. The first-order chi connectivity index (χ1) is 22.4. The summed E-state index contributed by atoms with van der Waals surface area (Å²) >= 11 is 0. The summed E-state index contributed by atoms with van der Waals surface area (Å²) < 4.78 is 23.2. The van der Waals surface area contributed by atoms with Crippen LogP contribution in [0.5, 0.6) is 17.2 Å². The summed E-state index contributed by atoms with van der Waals surface area (Å²) in [6.07, 6.45) is 4.23. The van der Waals surface area contributed by atoms with Crippen LogP contribution in [0.1, 0.15) is 71.6 Å². The topological polar surface area (TPSA) is 159 Å². The molecule has 14 heteroatoms. The summed E-state index contributed by atoms with van der Waals surface area (Å²) in [7, 11) is 3.07. The van der Waals surface area contributed by atoms with Crippen LogP contribution in [0.3, 0.4) is 0 Å². The van der Waals surface area contributed by atoms with Crippen LogP contribution in [0.4, 0.5) is 9.59 Å². The van der Waals surface area contributed by atoms with E-state index in [-0.39, 0.29) is 36.7 Å². The maximum Gasteiger partial charge on any atom is 0.408 e. The van der Waals surface area contributed by atoms with E-state index < -0.39 is 29.8 Å². The van der Waals surface area contributed by atoms with Crippen molar-refractivity contribution in [3.63, 3.8) is 0 Å². The fourth-order valence-corrected chi connectivity index (χ4v) is 4.75. The van der Waals surface area contributed by atoms with Crippen molar-refractivity contribution in [2.24, 2.45) is 0 Å². The van der Waals surface area contributed by atoms with E-state index in [4.69, 9.17) is 23.8 Å². The molecule has 1 aliphatic rings. The first kappa shape index (κ1) is 36.8. The molecule has 0 spiro atoms. The highest BCUT2D eigenvalue weighted by atomic mass is 16.7. The number of carbonyl (C=O) groups excluding carboxylic acids is 3. The van der Waals surface area contributed by atoms with Gasteiger partial charge in [-0.3, -0.25) is 9.59 Å². The maximum absolute atomic E-state index is 13.2. The third-order valence-corrected chi connectivity index (χ3v) is 7.29. The Morgan fingerprint density at radius 2 is 1.66 bits per heavy atom. The van der Waals surface area contributed by atoms with Gasteiger partial charge in [-0.05, 0) is 45.7 Å². The zero-order valence-corrected chi connectivity index (χ0v) is 28.5. The summed E-state index contributed by atoms with van der Waals surface area (Å²) in [4.78, 5) is 58.9. The summed E-state index contributed by atoms with van der Waals surface area (Å²) in [5.74, 6) is 0.962. The number of hydrogen-bond acceptors (Lipinski definition) is 9. The number of urea groups is 1. The molecule has 1 saturated heterocycles. The molecule has 1 aliphatic heterocycles. The second kappa shape index (κ2) is 17.3. The molecule has 2 atom stereocenters. The van der Waals surface area contributed by atoms with Gasteiger partial charge in [0.25, 0.3) is 0 Å². The van der Waals surface area contributed by atoms with E-state index in [0.717, 1.165) is 31.2 Å². The van der Waals surface area contributed by atoms with Crippen molar-refractivity contribution in [2.75, 3.05) is 34.0 Å². The SMILES string of the molecule is CCCCOc1cn(OCCCC)c(CNC(=O)NC[C@@H]2[C@H](NC(=O)OC(C)(C)C)C(=O)N2Cc2ccc(OC)cc2OC)cc1=O. The lowest BCUT2D eigenvalue weighted by molar-refractivity contribution is -0.151. The van der Waals surface area contributed by atoms with Crippen molar-refractivity contribution < 1.29 is 38.2 Å². The van der Waals surface area contributed by atoms with Crippen LogP contribution < -0.4 is 40.4 Å². The lowest BCUT2D eigenvalue weighted by Gasteiger charge is -2.47. The lowest BCUT2D eigenvalue weighted by atomic mass is 9.93. The quantitative estimate of drug-likeness (QED) is 0.171. The van der Waals surface area contributed by atoms with Crippen molar-refractivity contribution in [3.05, 3.63) is 51.9 Å². The van der Waals surface area contributed by atoms with Gasteiger partial charge < -0.3 is 44.6 Å². The van der Waals surface area contributed by atoms with Crippen LogP contribution in [0, 0.1) is 0 Å². The third-order valence-electron chi connectivity index (χ3n) is 7.29. The molecule has 3 rings (SSSR count). The molecule has 4 amide bonds. The minimum absolute atomic E-state index is 0.0144. The minimum atomic E-state index is -0.924. The molecule has 260 valence electrons. The first-order valence-corrected chi connectivity index (χ1v) is 15.9. The van der Waals surface area contributed by atoms with Crippen molar-refractivity contribution in [1.29, 1.82) is 0 Å². The zero-order valence-electron chi connectivity index (χ0n) is 28.5. The highest BCUT2D eigenvalue weighted by Crippen LogP contribution is 2.30. The second-order valence-electron chi connectivity index (χ2n) is 12.1. The standard InChI is InChI=1S/C33H49N5O9/c1-8-10-14-45-28-21-38(46-15-11-9-2)23(16-26(28)39)18-34-31(41)35-19-25-29(36-32(42)47-33(3,4)5)30(40)37(25)20-22-12-13-24(43-6)17-27(22)44-7/h12-13,16-17,21,25,29H,8-11,14-15,18-20H2,1-7H3,(H,36,42)(H2,34,35,41)/t25-,29+/m1/s1. The van der Waals surface area contributed by atoms with Gasteiger partial charge in [-0.15, -0.1) is 0 Å². The van der Waals surface area contributed by atoms with Crippen LogP contribution in [-0.4, -0.2) is 79.3 Å². The number of β-lactam (4-membered cyclic amide) rings is 1. The van der Waals surface area contributed by atoms with E-state index >= 15 is 0 Å². The molecule has 1 fully saturated rings. The Morgan fingerprint density at radius 3 is 2.32 bits per heavy atom. The van der Waals surface area contributed by atoms with Gasteiger partial charge in [0.15, 0.2) is 5.75 Å². The van der Waals surface area contributed by atoms with Gasteiger partial charge in [-0.2, -0.15) is 4.73 Å². The Morgan fingerprint density at radius 1 is 0.936 bits per heavy atom. The predicted molar refractivity (Wildman–Crippen MR) is 175 cm³/mol. The number of likely N-dealkylation sites (tertiary alicyclic amines) is 1. The summed E-state index contributed by atoms with van der Waals surface area (Å²) in [5, 5.41) is 8.16. The number of alkyl carbamates (subject to hydrolysis) is 1. The molecule has 2 heterocycles. The number of methoxy groups -OCH3 is 2. The number of pyridine rings is 1. The van der Waals surface area contributed by atoms with Crippen molar-refractivity contribution in [2.45, 2.75) is 91.1 Å². The molecule has 1 aromatic carbocycles.